The Morgan fingerprint density at radius 2 is 1.78 bits per heavy atom. The summed E-state index contributed by atoms with van der Waals surface area (Å²) >= 11 is 0. The summed E-state index contributed by atoms with van der Waals surface area (Å²) in [6.07, 6.45) is 1.09. The standard InChI is InChI=1S/C23H31N3O/c1-7-11-26(12-13-27-6)23-20-10-8-9-19(22(20)24-25(23)5)21-17(3)14-16(2)15-18(21)4/h8-10,14-15H,7,11-13H2,1-6H3. The van der Waals surface area contributed by atoms with Crippen LogP contribution in [0.3, 0.4) is 0 Å². The Kier molecular flexibility index (Phi) is 5.85. The van der Waals surface area contributed by atoms with E-state index in [-0.39, 0.29) is 0 Å². The fourth-order valence-electron chi connectivity index (χ4n) is 4.18. The lowest BCUT2D eigenvalue weighted by Gasteiger charge is -2.24. The summed E-state index contributed by atoms with van der Waals surface area (Å²) in [5, 5.41) is 6.15. The van der Waals surface area contributed by atoms with Crippen LogP contribution < -0.4 is 4.90 Å². The van der Waals surface area contributed by atoms with Gasteiger partial charge in [-0.1, -0.05) is 36.8 Å². The Hall–Kier alpha value is -2.33. The molecule has 0 aliphatic carbocycles. The highest BCUT2D eigenvalue weighted by molar-refractivity contribution is 6.01. The minimum absolute atomic E-state index is 0.711. The van der Waals surface area contributed by atoms with E-state index in [0.29, 0.717) is 6.61 Å². The highest BCUT2D eigenvalue weighted by atomic mass is 16.5. The molecule has 0 saturated heterocycles. The lowest BCUT2D eigenvalue weighted by molar-refractivity contribution is 0.205. The number of ether oxygens (including phenoxy) is 1. The lowest BCUT2D eigenvalue weighted by Crippen LogP contribution is -2.29. The average Bonchev–Trinajstić information content (AvgIpc) is 2.94. The molecule has 0 bridgehead atoms. The van der Waals surface area contributed by atoms with Crippen LogP contribution in [0.2, 0.25) is 0 Å². The van der Waals surface area contributed by atoms with Gasteiger partial charge in [0.1, 0.15) is 11.3 Å². The highest BCUT2D eigenvalue weighted by Gasteiger charge is 2.19. The Morgan fingerprint density at radius 1 is 1.07 bits per heavy atom. The summed E-state index contributed by atoms with van der Waals surface area (Å²) in [5.74, 6) is 1.17. The number of hydrogen-bond donors (Lipinski definition) is 0. The van der Waals surface area contributed by atoms with Crippen LogP contribution >= 0.6 is 0 Å². The average molecular weight is 366 g/mol. The molecule has 0 saturated carbocycles. The molecule has 2 aromatic carbocycles. The van der Waals surface area contributed by atoms with Gasteiger partial charge in [-0.25, -0.2) is 0 Å². The van der Waals surface area contributed by atoms with E-state index in [1.807, 2.05) is 11.7 Å². The molecule has 0 fully saturated rings. The van der Waals surface area contributed by atoms with E-state index in [4.69, 9.17) is 9.84 Å². The molecule has 1 heterocycles. The van der Waals surface area contributed by atoms with Gasteiger partial charge in [0, 0.05) is 38.2 Å². The van der Waals surface area contributed by atoms with Gasteiger partial charge in [0.25, 0.3) is 0 Å². The monoisotopic (exact) mass is 365 g/mol. The molecule has 3 rings (SSSR count). The molecule has 0 atom stereocenters. The smallest absolute Gasteiger partial charge is 0.134 e. The minimum Gasteiger partial charge on any atom is -0.383 e. The van der Waals surface area contributed by atoms with Crippen molar-refractivity contribution >= 4 is 16.7 Å². The van der Waals surface area contributed by atoms with Crippen LogP contribution in [0, 0.1) is 20.8 Å². The molecule has 4 heteroatoms. The summed E-state index contributed by atoms with van der Waals surface area (Å²) in [5.41, 5.74) is 7.50. The molecule has 0 spiro atoms. The van der Waals surface area contributed by atoms with Gasteiger partial charge in [-0.15, -0.1) is 0 Å². The first-order valence-electron chi connectivity index (χ1n) is 9.75. The van der Waals surface area contributed by atoms with Crippen molar-refractivity contribution in [2.45, 2.75) is 34.1 Å². The predicted molar refractivity (Wildman–Crippen MR) is 115 cm³/mol. The summed E-state index contributed by atoms with van der Waals surface area (Å²) in [7, 11) is 3.80. The van der Waals surface area contributed by atoms with Crippen LogP contribution in [0.5, 0.6) is 0 Å². The van der Waals surface area contributed by atoms with Gasteiger partial charge in [0.15, 0.2) is 0 Å². The van der Waals surface area contributed by atoms with Crippen LogP contribution in [0.4, 0.5) is 5.82 Å². The molecule has 0 amide bonds. The summed E-state index contributed by atoms with van der Waals surface area (Å²) in [4.78, 5) is 2.39. The second-order valence-corrected chi connectivity index (χ2v) is 7.40. The number of nitrogens with zero attached hydrogens (tertiary/aromatic N) is 3. The van der Waals surface area contributed by atoms with Gasteiger partial charge in [-0.3, -0.25) is 4.68 Å². The van der Waals surface area contributed by atoms with Crippen LogP contribution in [-0.2, 0) is 11.8 Å². The molecule has 0 unspecified atom stereocenters. The summed E-state index contributed by atoms with van der Waals surface area (Å²) < 4.78 is 7.36. The van der Waals surface area contributed by atoms with Crippen LogP contribution in [0.1, 0.15) is 30.0 Å². The minimum atomic E-state index is 0.711. The van der Waals surface area contributed by atoms with E-state index in [1.54, 1.807) is 7.11 Å². The second kappa shape index (κ2) is 8.13. The molecule has 3 aromatic rings. The van der Waals surface area contributed by atoms with Crippen LogP contribution in [-0.4, -0.2) is 36.6 Å². The molecule has 4 nitrogen and oxygen atoms in total. The number of fused-ring (bicyclic) bond motifs is 1. The third-order valence-corrected chi connectivity index (χ3v) is 5.14. The third-order valence-electron chi connectivity index (χ3n) is 5.14. The van der Waals surface area contributed by atoms with Crippen LogP contribution in [0.15, 0.2) is 30.3 Å². The van der Waals surface area contributed by atoms with Gasteiger partial charge in [0.2, 0.25) is 0 Å². The zero-order valence-corrected chi connectivity index (χ0v) is 17.5. The van der Waals surface area contributed by atoms with E-state index >= 15 is 0 Å². The quantitative estimate of drug-likeness (QED) is 0.588. The lowest BCUT2D eigenvalue weighted by atomic mass is 9.92. The molecular formula is C23H31N3O. The number of benzene rings is 2. The predicted octanol–water partition coefficient (Wildman–Crippen LogP) is 5.03. The van der Waals surface area contributed by atoms with Crippen molar-refractivity contribution in [3.63, 3.8) is 0 Å². The molecule has 0 aliphatic heterocycles. The van der Waals surface area contributed by atoms with Crippen molar-refractivity contribution in [1.29, 1.82) is 0 Å². The van der Waals surface area contributed by atoms with Crippen LogP contribution in [0.25, 0.3) is 22.0 Å². The molecule has 144 valence electrons. The van der Waals surface area contributed by atoms with Gasteiger partial charge < -0.3 is 9.64 Å². The van der Waals surface area contributed by atoms with Crippen molar-refractivity contribution in [3.8, 4) is 11.1 Å². The first-order valence-corrected chi connectivity index (χ1v) is 9.75. The SMILES string of the molecule is CCCN(CCOC)c1c2cccc(-c3c(C)cc(C)cc3C)c2nn1C. The second-order valence-electron chi connectivity index (χ2n) is 7.40. The number of aryl methyl sites for hydroxylation is 4. The van der Waals surface area contributed by atoms with Gasteiger partial charge in [-0.2, -0.15) is 5.10 Å². The van der Waals surface area contributed by atoms with E-state index < -0.39 is 0 Å². The third kappa shape index (κ3) is 3.72. The molecule has 0 radical (unpaired) electrons. The van der Waals surface area contributed by atoms with Crippen molar-refractivity contribution in [2.75, 3.05) is 31.7 Å². The normalized spacial score (nSPS) is 11.3. The number of hydrogen-bond acceptors (Lipinski definition) is 3. The number of methoxy groups -OCH3 is 1. The maximum Gasteiger partial charge on any atom is 0.134 e. The Bertz CT molecular complexity index is 919. The largest absolute Gasteiger partial charge is 0.383 e. The molecule has 1 aromatic heterocycles. The molecule has 0 aliphatic rings. The topological polar surface area (TPSA) is 30.3 Å². The Labute approximate surface area is 162 Å². The maximum atomic E-state index is 5.33. The summed E-state index contributed by atoms with van der Waals surface area (Å²) in [6, 6.07) is 11.1. The molecular weight excluding hydrogens is 334 g/mol. The summed E-state index contributed by atoms with van der Waals surface area (Å²) in [6.45, 7) is 11.3. The number of aromatic nitrogens is 2. The molecule has 0 N–H and O–H groups in total. The van der Waals surface area contributed by atoms with Crippen molar-refractivity contribution in [1.82, 2.24) is 9.78 Å². The zero-order valence-electron chi connectivity index (χ0n) is 17.5. The van der Waals surface area contributed by atoms with Crippen molar-refractivity contribution in [3.05, 3.63) is 47.0 Å². The Balaban J connectivity index is 2.19. The number of rotatable bonds is 7. The number of anilines is 1. The van der Waals surface area contributed by atoms with Crippen molar-refractivity contribution < 1.29 is 4.74 Å². The van der Waals surface area contributed by atoms with E-state index in [2.05, 4.69) is 62.9 Å². The Morgan fingerprint density at radius 3 is 2.41 bits per heavy atom. The van der Waals surface area contributed by atoms with Gasteiger partial charge in [0.05, 0.1) is 6.61 Å². The maximum absolute atomic E-state index is 5.33. The fraction of sp³-hybridized carbons (Fsp3) is 0.435. The first-order chi connectivity index (χ1) is 13.0. The highest BCUT2D eigenvalue weighted by Crippen LogP contribution is 2.36. The zero-order chi connectivity index (χ0) is 19.6. The first kappa shape index (κ1) is 19.4. The van der Waals surface area contributed by atoms with E-state index in [9.17, 15) is 0 Å². The van der Waals surface area contributed by atoms with E-state index in [0.717, 1.165) is 25.0 Å². The van der Waals surface area contributed by atoms with Crippen molar-refractivity contribution in [2.24, 2.45) is 7.05 Å². The van der Waals surface area contributed by atoms with E-state index in [1.165, 1.54) is 39.0 Å². The molecule has 27 heavy (non-hydrogen) atoms. The fourth-order valence-corrected chi connectivity index (χ4v) is 4.18. The van der Waals surface area contributed by atoms with Gasteiger partial charge in [-0.05, 0) is 49.9 Å². The van der Waals surface area contributed by atoms with Gasteiger partial charge >= 0.3 is 0 Å².